The Balaban J connectivity index is 1.78. The lowest BCUT2D eigenvalue weighted by Gasteiger charge is -2.28. The third-order valence-corrected chi connectivity index (χ3v) is 4.20. The molecule has 18 heavy (non-hydrogen) atoms. The molecule has 0 amide bonds. The molecule has 1 saturated carbocycles. The number of hydrogen-bond donors (Lipinski definition) is 3. The predicted octanol–water partition coefficient (Wildman–Crippen LogP) is 2.56. The van der Waals surface area contributed by atoms with Gasteiger partial charge in [-0.05, 0) is 30.5 Å². The first-order valence-electron chi connectivity index (χ1n) is 6.74. The number of aromatic nitrogens is 1. The van der Waals surface area contributed by atoms with Crippen LogP contribution in [0.25, 0.3) is 10.9 Å². The van der Waals surface area contributed by atoms with Gasteiger partial charge in [-0.1, -0.05) is 25.0 Å². The van der Waals surface area contributed by atoms with Gasteiger partial charge in [0, 0.05) is 29.2 Å². The van der Waals surface area contributed by atoms with Crippen LogP contribution >= 0.6 is 0 Å². The highest BCUT2D eigenvalue weighted by atomic mass is 16.3. The molecule has 1 aromatic heterocycles. The van der Waals surface area contributed by atoms with E-state index in [1.807, 2.05) is 6.20 Å². The van der Waals surface area contributed by atoms with E-state index in [1.54, 1.807) is 0 Å². The van der Waals surface area contributed by atoms with Gasteiger partial charge in [-0.15, -0.1) is 0 Å². The van der Waals surface area contributed by atoms with E-state index < -0.39 is 0 Å². The molecule has 3 nitrogen and oxygen atoms in total. The molecule has 1 fully saturated rings. The van der Waals surface area contributed by atoms with Crippen LogP contribution in [0.1, 0.15) is 31.2 Å². The number of hydrogen-bond acceptors (Lipinski definition) is 2. The Morgan fingerprint density at radius 3 is 2.83 bits per heavy atom. The average Bonchev–Trinajstić information content (AvgIpc) is 3.06. The monoisotopic (exact) mass is 244 g/mol. The number of fused-ring (bicyclic) bond motifs is 1. The summed E-state index contributed by atoms with van der Waals surface area (Å²) < 4.78 is 0. The van der Waals surface area contributed by atoms with Gasteiger partial charge in [-0.25, -0.2) is 0 Å². The number of H-pyrrole nitrogens is 1. The summed E-state index contributed by atoms with van der Waals surface area (Å²) in [6.45, 7) is 1.08. The van der Waals surface area contributed by atoms with Gasteiger partial charge in [-0.2, -0.15) is 0 Å². The van der Waals surface area contributed by atoms with Crippen LogP contribution in [-0.2, 0) is 6.54 Å². The second kappa shape index (κ2) is 4.75. The van der Waals surface area contributed by atoms with Crippen LogP contribution in [0, 0.1) is 0 Å². The van der Waals surface area contributed by atoms with Crippen LogP contribution in [-0.4, -0.2) is 22.2 Å². The van der Waals surface area contributed by atoms with Crippen LogP contribution in [0.3, 0.4) is 0 Å². The normalized spacial score (nSPS) is 18.5. The summed E-state index contributed by atoms with van der Waals surface area (Å²) in [5, 5.41) is 14.5. The SMILES string of the molecule is OCC1(NCc2cccc3[nH]ccc23)CCCC1. The molecule has 1 aromatic carbocycles. The first-order chi connectivity index (χ1) is 8.83. The summed E-state index contributed by atoms with van der Waals surface area (Å²) in [5.74, 6) is 0. The van der Waals surface area contributed by atoms with E-state index in [2.05, 4.69) is 34.6 Å². The molecule has 0 atom stereocenters. The van der Waals surface area contributed by atoms with Crippen molar-refractivity contribution in [3.63, 3.8) is 0 Å². The van der Waals surface area contributed by atoms with Crippen LogP contribution in [0.2, 0.25) is 0 Å². The predicted molar refractivity (Wildman–Crippen MR) is 73.4 cm³/mol. The van der Waals surface area contributed by atoms with Crippen LogP contribution in [0.15, 0.2) is 30.5 Å². The van der Waals surface area contributed by atoms with Crippen molar-refractivity contribution >= 4 is 10.9 Å². The van der Waals surface area contributed by atoms with E-state index >= 15 is 0 Å². The molecule has 0 radical (unpaired) electrons. The van der Waals surface area contributed by atoms with Gasteiger partial charge in [0.25, 0.3) is 0 Å². The molecule has 0 unspecified atom stereocenters. The smallest absolute Gasteiger partial charge is 0.0613 e. The number of aromatic amines is 1. The largest absolute Gasteiger partial charge is 0.394 e. The fraction of sp³-hybridized carbons (Fsp3) is 0.467. The molecule has 3 rings (SSSR count). The number of nitrogens with one attached hydrogen (secondary N) is 2. The lowest BCUT2D eigenvalue weighted by atomic mass is 9.98. The van der Waals surface area contributed by atoms with Gasteiger partial charge in [-0.3, -0.25) is 0 Å². The molecule has 96 valence electrons. The molecule has 1 aliphatic carbocycles. The second-order valence-electron chi connectivity index (χ2n) is 5.36. The topological polar surface area (TPSA) is 48.0 Å². The van der Waals surface area contributed by atoms with E-state index in [1.165, 1.54) is 29.3 Å². The molecular formula is C15H20N2O. The standard InChI is InChI=1S/C15H20N2O/c18-11-15(7-1-2-8-15)17-10-12-4-3-5-14-13(12)6-9-16-14/h3-6,9,16-18H,1-2,7-8,10-11H2. The van der Waals surface area contributed by atoms with Crippen molar-refractivity contribution < 1.29 is 5.11 Å². The van der Waals surface area contributed by atoms with Crippen molar-refractivity contribution in [2.24, 2.45) is 0 Å². The van der Waals surface area contributed by atoms with Crippen molar-refractivity contribution in [3.05, 3.63) is 36.0 Å². The lowest BCUT2D eigenvalue weighted by Crippen LogP contribution is -2.45. The van der Waals surface area contributed by atoms with Crippen LogP contribution in [0.4, 0.5) is 0 Å². The fourth-order valence-electron chi connectivity index (χ4n) is 3.03. The summed E-state index contributed by atoms with van der Waals surface area (Å²) in [5.41, 5.74) is 2.44. The minimum Gasteiger partial charge on any atom is -0.394 e. The third-order valence-electron chi connectivity index (χ3n) is 4.20. The molecule has 3 N–H and O–H groups in total. The number of rotatable bonds is 4. The molecule has 0 bridgehead atoms. The minimum absolute atomic E-state index is 0.0432. The second-order valence-corrected chi connectivity index (χ2v) is 5.36. The van der Waals surface area contributed by atoms with Gasteiger partial charge in [0.15, 0.2) is 0 Å². The third kappa shape index (κ3) is 2.04. The quantitative estimate of drug-likeness (QED) is 0.774. The number of aliphatic hydroxyl groups is 1. The van der Waals surface area contributed by atoms with Crippen molar-refractivity contribution in [1.29, 1.82) is 0 Å². The Kier molecular flexibility index (Phi) is 3.10. The summed E-state index contributed by atoms with van der Waals surface area (Å²) in [4.78, 5) is 3.23. The Bertz CT molecular complexity index is 526. The molecule has 3 heteroatoms. The number of benzene rings is 1. The highest BCUT2D eigenvalue weighted by Crippen LogP contribution is 2.30. The summed E-state index contributed by atoms with van der Waals surface area (Å²) in [6.07, 6.45) is 6.61. The van der Waals surface area contributed by atoms with Gasteiger partial charge in [0.2, 0.25) is 0 Å². The first kappa shape index (κ1) is 11.8. The van der Waals surface area contributed by atoms with Crippen molar-refractivity contribution in [1.82, 2.24) is 10.3 Å². The van der Waals surface area contributed by atoms with Crippen molar-refractivity contribution in [2.75, 3.05) is 6.61 Å². The Hall–Kier alpha value is -1.32. The van der Waals surface area contributed by atoms with E-state index in [4.69, 9.17) is 0 Å². The zero-order chi connectivity index (χ0) is 12.4. The van der Waals surface area contributed by atoms with E-state index in [-0.39, 0.29) is 12.1 Å². The molecule has 0 aliphatic heterocycles. The summed E-state index contributed by atoms with van der Waals surface area (Å²) in [7, 11) is 0. The molecular weight excluding hydrogens is 224 g/mol. The maximum Gasteiger partial charge on any atom is 0.0613 e. The van der Waals surface area contributed by atoms with Gasteiger partial charge >= 0.3 is 0 Å². The highest BCUT2D eigenvalue weighted by molar-refractivity contribution is 5.82. The Morgan fingerprint density at radius 1 is 1.22 bits per heavy atom. The first-order valence-corrected chi connectivity index (χ1v) is 6.74. The van der Waals surface area contributed by atoms with Gasteiger partial charge < -0.3 is 15.4 Å². The summed E-state index contributed by atoms with van der Waals surface area (Å²) in [6, 6.07) is 8.45. The molecule has 1 heterocycles. The zero-order valence-electron chi connectivity index (χ0n) is 10.6. The average molecular weight is 244 g/mol. The zero-order valence-corrected chi connectivity index (χ0v) is 10.6. The molecule has 0 spiro atoms. The van der Waals surface area contributed by atoms with Crippen molar-refractivity contribution in [2.45, 2.75) is 37.8 Å². The van der Waals surface area contributed by atoms with Crippen LogP contribution < -0.4 is 5.32 Å². The Labute approximate surface area is 107 Å². The molecule has 1 aliphatic rings. The van der Waals surface area contributed by atoms with Crippen LogP contribution in [0.5, 0.6) is 0 Å². The molecule has 0 saturated heterocycles. The maximum absolute atomic E-state index is 9.60. The lowest BCUT2D eigenvalue weighted by molar-refractivity contribution is 0.163. The van der Waals surface area contributed by atoms with Crippen molar-refractivity contribution in [3.8, 4) is 0 Å². The van der Waals surface area contributed by atoms with E-state index in [0.717, 1.165) is 19.4 Å². The van der Waals surface area contributed by atoms with E-state index in [0.29, 0.717) is 0 Å². The fourth-order valence-corrected chi connectivity index (χ4v) is 3.03. The van der Waals surface area contributed by atoms with Gasteiger partial charge in [0.1, 0.15) is 0 Å². The highest BCUT2D eigenvalue weighted by Gasteiger charge is 2.32. The minimum atomic E-state index is -0.0432. The van der Waals surface area contributed by atoms with E-state index in [9.17, 15) is 5.11 Å². The Morgan fingerprint density at radius 2 is 2.06 bits per heavy atom. The van der Waals surface area contributed by atoms with Gasteiger partial charge in [0.05, 0.1) is 6.61 Å². The maximum atomic E-state index is 9.60. The molecule has 2 aromatic rings. The number of aliphatic hydroxyl groups excluding tert-OH is 1. The summed E-state index contributed by atoms with van der Waals surface area (Å²) >= 11 is 0.